The van der Waals surface area contributed by atoms with Crippen LogP contribution in [-0.2, 0) is 11.3 Å². The molecule has 1 atom stereocenters. The van der Waals surface area contributed by atoms with E-state index in [1.165, 1.54) is 5.48 Å². The molecule has 146 valence electrons. The Labute approximate surface area is 163 Å². The van der Waals surface area contributed by atoms with Gasteiger partial charge in [-0.2, -0.15) is 0 Å². The maximum atomic E-state index is 12.2. The van der Waals surface area contributed by atoms with E-state index in [9.17, 15) is 9.59 Å². The second-order valence-electron chi connectivity index (χ2n) is 5.89. The summed E-state index contributed by atoms with van der Waals surface area (Å²) in [6.07, 6.45) is 0. The van der Waals surface area contributed by atoms with Crippen LogP contribution in [0.15, 0.2) is 48.5 Å². The molecule has 0 aliphatic rings. The van der Waals surface area contributed by atoms with Crippen LogP contribution < -0.4 is 27.6 Å². The molecule has 0 radical (unpaired) electrons. The van der Waals surface area contributed by atoms with E-state index in [-0.39, 0.29) is 6.54 Å². The zero-order valence-electron chi connectivity index (χ0n) is 15.2. The van der Waals surface area contributed by atoms with Crippen molar-refractivity contribution in [3.05, 3.63) is 70.8 Å². The van der Waals surface area contributed by atoms with Crippen LogP contribution in [0, 0.1) is 11.8 Å². The fraction of sp³-hybridized carbons (Fsp3) is 0.200. The highest BCUT2D eigenvalue weighted by atomic mass is 16.5. The number of hydrogen-bond donors (Lipinski definition) is 6. The van der Waals surface area contributed by atoms with Crippen molar-refractivity contribution in [1.29, 1.82) is 0 Å². The Morgan fingerprint density at radius 2 is 1.54 bits per heavy atom. The molecule has 0 saturated carbocycles. The predicted molar refractivity (Wildman–Crippen MR) is 105 cm³/mol. The number of hydroxylamine groups is 1. The van der Waals surface area contributed by atoms with Gasteiger partial charge in [-0.25, -0.2) is 5.48 Å². The van der Waals surface area contributed by atoms with Crippen molar-refractivity contribution in [2.75, 3.05) is 13.2 Å². The van der Waals surface area contributed by atoms with Crippen LogP contribution in [0.25, 0.3) is 0 Å². The van der Waals surface area contributed by atoms with Crippen molar-refractivity contribution in [2.45, 2.75) is 12.6 Å². The molecule has 0 spiro atoms. The molecule has 2 amide bonds. The SMILES string of the molecule is NCNCc1ccc(C#Cc2ccc(C(=O)N[C@@H](CN)C(=O)NO)cc2)cc1. The average molecular weight is 381 g/mol. The second-order valence-corrected chi connectivity index (χ2v) is 5.89. The van der Waals surface area contributed by atoms with Gasteiger partial charge in [-0.1, -0.05) is 24.0 Å². The van der Waals surface area contributed by atoms with Gasteiger partial charge in [0.2, 0.25) is 0 Å². The van der Waals surface area contributed by atoms with Crippen LogP contribution >= 0.6 is 0 Å². The van der Waals surface area contributed by atoms with Gasteiger partial charge in [0.25, 0.3) is 11.8 Å². The molecule has 0 fully saturated rings. The minimum Gasteiger partial charge on any atom is -0.339 e. The number of carbonyl (C=O) groups excluding carboxylic acids is 2. The molecule has 0 bridgehead atoms. The summed E-state index contributed by atoms with van der Waals surface area (Å²) < 4.78 is 0. The van der Waals surface area contributed by atoms with Crippen molar-refractivity contribution in [1.82, 2.24) is 16.1 Å². The lowest BCUT2D eigenvalue weighted by atomic mass is 10.1. The van der Waals surface area contributed by atoms with Gasteiger partial charge in [0.05, 0.1) is 0 Å². The van der Waals surface area contributed by atoms with E-state index in [1.54, 1.807) is 24.3 Å². The van der Waals surface area contributed by atoms with E-state index in [1.807, 2.05) is 24.3 Å². The molecule has 2 rings (SSSR count). The summed E-state index contributed by atoms with van der Waals surface area (Å²) >= 11 is 0. The highest BCUT2D eigenvalue weighted by Crippen LogP contribution is 2.06. The zero-order valence-corrected chi connectivity index (χ0v) is 15.2. The number of hydrogen-bond acceptors (Lipinski definition) is 6. The lowest BCUT2D eigenvalue weighted by Gasteiger charge is -2.14. The third-order valence-electron chi connectivity index (χ3n) is 3.89. The van der Waals surface area contributed by atoms with E-state index in [4.69, 9.17) is 16.7 Å². The van der Waals surface area contributed by atoms with E-state index in [2.05, 4.69) is 22.5 Å². The molecule has 8 N–H and O–H groups in total. The molecule has 0 aromatic heterocycles. The van der Waals surface area contributed by atoms with Gasteiger partial charge in [-0.3, -0.25) is 14.8 Å². The predicted octanol–water partition coefficient (Wildman–Crippen LogP) is -0.345. The van der Waals surface area contributed by atoms with Crippen LogP contribution in [0.4, 0.5) is 0 Å². The Hall–Kier alpha value is -3.22. The van der Waals surface area contributed by atoms with Crippen LogP contribution in [0.2, 0.25) is 0 Å². The van der Waals surface area contributed by atoms with Crippen molar-refractivity contribution in [3.63, 3.8) is 0 Å². The van der Waals surface area contributed by atoms with Crippen molar-refractivity contribution in [3.8, 4) is 11.8 Å². The molecule has 0 aliphatic carbocycles. The van der Waals surface area contributed by atoms with Gasteiger partial charge in [0.15, 0.2) is 0 Å². The minimum absolute atomic E-state index is 0.136. The molecular weight excluding hydrogens is 358 g/mol. The first-order chi connectivity index (χ1) is 13.6. The molecular formula is C20H23N5O3. The number of carbonyl (C=O) groups is 2. The Morgan fingerprint density at radius 1 is 0.964 bits per heavy atom. The lowest BCUT2D eigenvalue weighted by Crippen LogP contribution is -2.50. The van der Waals surface area contributed by atoms with Crippen LogP contribution in [0.5, 0.6) is 0 Å². The van der Waals surface area contributed by atoms with Crippen LogP contribution in [0.3, 0.4) is 0 Å². The minimum atomic E-state index is -1.01. The monoisotopic (exact) mass is 381 g/mol. The van der Waals surface area contributed by atoms with Gasteiger partial charge >= 0.3 is 0 Å². The van der Waals surface area contributed by atoms with Crippen LogP contribution in [0.1, 0.15) is 27.0 Å². The topological polar surface area (TPSA) is 142 Å². The highest BCUT2D eigenvalue weighted by Gasteiger charge is 2.19. The summed E-state index contributed by atoms with van der Waals surface area (Å²) in [5, 5.41) is 14.1. The summed E-state index contributed by atoms with van der Waals surface area (Å²) in [6, 6.07) is 13.4. The maximum Gasteiger partial charge on any atom is 0.267 e. The number of nitrogens with one attached hydrogen (secondary N) is 3. The Kier molecular flexibility index (Phi) is 8.14. The Morgan fingerprint density at radius 3 is 2.04 bits per heavy atom. The van der Waals surface area contributed by atoms with E-state index < -0.39 is 17.9 Å². The molecule has 8 nitrogen and oxygen atoms in total. The maximum absolute atomic E-state index is 12.2. The molecule has 8 heteroatoms. The van der Waals surface area contributed by atoms with E-state index >= 15 is 0 Å². The summed E-state index contributed by atoms with van der Waals surface area (Å²) in [7, 11) is 0. The third-order valence-corrected chi connectivity index (χ3v) is 3.89. The largest absolute Gasteiger partial charge is 0.339 e. The molecule has 2 aromatic rings. The first kappa shape index (κ1) is 21.1. The first-order valence-electron chi connectivity index (χ1n) is 8.64. The third kappa shape index (κ3) is 6.19. The summed E-state index contributed by atoms with van der Waals surface area (Å²) in [5.74, 6) is 4.85. The van der Waals surface area contributed by atoms with Gasteiger partial charge in [-0.05, 0) is 42.0 Å². The average Bonchev–Trinajstić information content (AvgIpc) is 2.74. The summed E-state index contributed by atoms with van der Waals surface area (Å²) in [4.78, 5) is 23.5. The lowest BCUT2D eigenvalue weighted by molar-refractivity contribution is -0.130. The molecule has 0 heterocycles. The normalized spacial score (nSPS) is 11.1. The smallest absolute Gasteiger partial charge is 0.267 e. The summed E-state index contributed by atoms with van der Waals surface area (Å²) in [6.45, 7) is 0.999. The van der Waals surface area contributed by atoms with E-state index in [0.29, 0.717) is 18.8 Å². The second kappa shape index (κ2) is 10.8. The summed E-state index contributed by atoms with van der Waals surface area (Å²) in [5.41, 5.74) is 15.4. The van der Waals surface area contributed by atoms with Gasteiger partial charge < -0.3 is 22.1 Å². The number of benzene rings is 2. The Balaban J connectivity index is 2.00. The van der Waals surface area contributed by atoms with Crippen molar-refractivity contribution >= 4 is 11.8 Å². The highest BCUT2D eigenvalue weighted by molar-refractivity contribution is 5.97. The molecule has 28 heavy (non-hydrogen) atoms. The Bertz CT molecular complexity index is 854. The molecule has 2 aromatic carbocycles. The number of nitrogens with two attached hydrogens (primary N) is 2. The zero-order chi connectivity index (χ0) is 20.4. The van der Waals surface area contributed by atoms with Gasteiger partial charge in [-0.15, -0.1) is 0 Å². The standard InChI is InChI=1S/C20H23N5O3/c21-11-18(20(27)25-28)24-19(26)17-9-7-15(8-10-17)2-1-14-3-5-16(6-4-14)12-23-13-22/h3-10,18,23,28H,11-13,21-22H2,(H,24,26)(H,25,27)/t18-/m0/s1. The van der Waals surface area contributed by atoms with Gasteiger partial charge in [0.1, 0.15) is 6.04 Å². The molecule has 0 aliphatic heterocycles. The molecule has 0 saturated heterocycles. The first-order valence-corrected chi connectivity index (χ1v) is 8.64. The molecule has 0 unspecified atom stereocenters. The quantitative estimate of drug-likeness (QED) is 0.168. The van der Waals surface area contributed by atoms with Crippen LogP contribution in [-0.4, -0.2) is 36.3 Å². The fourth-order valence-electron chi connectivity index (χ4n) is 2.32. The van der Waals surface area contributed by atoms with Gasteiger partial charge in [0, 0.05) is 36.4 Å². The van der Waals surface area contributed by atoms with Crippen molar-refractivity contribution < 1.29 is 14.8 Å². The number of rotatable bonds is 7. The van der Waals surface area contributed by atoms with E-state index in [0.717, 1.165) is 16.7 Å². The number of amides is 2. The van der Waals surface area contributed by atoms with Crippen molar-refractivity contribution in [2.24, 2.45) is 11.5 Å². The fourth-order valence-corrected chi connectivity index (χ4v) is 2.32.